The summed E-state index contributed by atoms with van der Waals surface area (Å²) in [5, 5.41) is 12.9. The third-order valence-electron chi connectivity index (χ3n) is 3.29. The predicted molar refractivity (Wildman–Crippen MR) is 73.0 cm³/mol. The van der Waals surface area contributed by atoms with Crippen molar-refractivity contribution in [2.75, 3.05) is 26.7 Å². The van der Waals surface area contributed by atoms with E-state index in [1.807, 2.05) is 13.1 Å². The molecular weight excluding hydrogens is 280 g/mol. The van der Waals surface area contributed by atoms with E-state index in [2.05, 4.69) is 44.3 Å². The monoisotopic (exact) mass is 298 g/mol. The summed E-state index contributed by atoms with van der Waals surface area (Å²) in [6.45, 7) is 2.74. The number of likely N-dealkylation sites (N-methyl/N-ethyl adjacent to an activating group) is 1. The number of hydrogen-bond acceptors (Lipinski definition) is 3. The minimum atomic E-state index is -0.144. The molecule has 1 aromatic rings. The Hall–Kier alpha value is -0.420. The largest absolute Gasteiger partial charge is 0.392 e. The quantitative estimate of drug-likeness (QED) is 0.889. The minimum absolute atomic E-state index is 0.144. The molecule has 1 fully saturated rings. The molecule has 17 heavy (non-hydrogen) atoms. The lowest BCUT2D eigenvalue weighted by Crippen LogP contribution is -2.33. The van der Waals surface area contributed by atoms with Crippen LogP contribution < -0.4 is 5.32 Å². The first-order valence-corrected chi connectivity index (χ1v) is 6.81. The zero-order valence-electron chi connectivity index (χ0n) is 10.1. The van der Waals surface area contributed by atoms with E-state index < -0.39 is 0 Å². The van der Waals surface area contributed by atoms with Crippen LogP contribution in [-0.4, -0.2) is 42.8 Å². The maximum Gasteiger partial charge on any atom is 0.0679 e. The molecule has 94 valence electrons. The van der Waals surface area contributed by atoms with E-state index in [0.717, 1.165) is 30.5 Å². The van der Waals surface area contributed by atoms with E-state index in [1.54, 1.807) is 0 Å². The lowest BCUT2D eigenvalue weighted by Gasteiger charge is -2.23. The van der Waals surface area contributed by atoms with Crippen LogP contribution in [0.2, 0.25) is 0 Å². The van der Waals surface area contributed by atoms with Gasteiger partial charge in [0.1, 0.15) is 0 Å². The van der Waals surface area contributed by atoms with Crippen LogP contribution >= 0.6 is 15.9 Å². The molecule has 0 aromatic heterocycles. The summed E-state index contributed by atoms with van der Waals surface area (Å²) in [7, 11) is 1.98. The number of rotatable bonds is 4. The number of halogens is 1. The van der Waals surface area contributed by atoms with Gasteiger partial charge in [0, 0.05) is 30.1 Å². The highest BCUT2D eigenvalue weighted by molar-refractivity contribution is 9.10. The molecule has 0 aliphatic carbocycles. The second kappa shape index (κ2) is 5.96. The van der Waals surface area contributed by atoms with Gasteiger partial charge in [0.2, 0.25) is 0 Å². The fourth-order valence-corrected chi connectivity index (χ4v) is 2.74. The fraction of sp³-hybridized carbons (Fsp3) is 0.538. The standard InChI is InChI=1S/C13H19BrN2O/c1-15-13(9-16-6-5-12(17)8-16)10-3-2-4-11(14)7-10/h2-4,7,12-13,15,17H,5-6,8-9H2,1H3. The van der Waals surface area contributed by atoms with E-state index in [1.165, 1.54) is 5.56 Å². The molecule has 0 bridgehead atoms. The Morgan fingerprint density at radius 1 is 1.59 bits per heavy atom. The van der Waals surface area contributed by atoms with Crippen LogP contribution in [0.4, 0.5) is 0 Å². The van der Waals surface area contributed by atoms with Gasteiger partial charge in [0.25, 0.3) is 0 Å². The smallest absolute Gasteiger partial charge is 0.0679 e. The van der Waals surface area contributed by atoms with E-state index in [0.29, 0.717) is 6.04 Å². The van der Waals surface area contributed by atoms with Crippen LogP contribution in [0.5, 0.6) is 0 Å². The van der Waals surface area contributed by atoms with Crippen molar-refractivity contribution in [2.24, 2.45) is 0 Å². The van der Waals surface area contributed by atoms with Gasteiger partial charge in [-0.05, 0) is 31.2 Å². The molecule has 0 radical (unpaired) electrons. The van der Waals surface area contributed by atoms with Crippen LogP contribution in [0.3, 0.4) is 0 Å². The second-order valence-corrected chi connectivity index (χ2v) is 5.51. The molecule has 2 atom stereocenters. The summed E-state index contributed by atoms with van der Waals surface area (Å²) in [4.78, 5) is 2.31. The lowest BCUT2D eigenvalue weighted by molar-refractivity contribution is 0.173. The van der Waals surface area contributed by atoms with Crippen LogP contribution in [0.25, 0.3) is 0 Å². The second-order valence-electron chi connectivity index (χ2n) is 4.60. The molecule has 0 spiro atoms. The molecule has 2 N–H and O–H groups in total. The SMILES string of the molecule is CNC(CN1CCC(O)C1)c1cccc(Br)c1. The first kappa shape index (κ1) is 13.0. The van der Waals surface area contributed by atoms with Crippen molar-refractivity contribution in [1.82, 2.24) is 10.2 Å². The van der Waals surface area contributed by atoms with Gasteiger partial charge in [0.15, 0.2) is 0 Å². The van der Waals surface area contributed by atoms with E-state index in [4.69, 9.17) is 0 Å². The number of nitrogens with zero attached hydrogens (tertiary/aromatic N) is 1. The Morgan fingerprint density at radius 2 is 2.41 bits per heavy atom. The molecule has 1 heterocycles. The third kappa shape index (κ3) is 3.52. The minimum Gasteiger partial charge on any atom is -0.392 e. The summed E-state index contributed by atoms with van der Waals surface area (Å²) < 4.78 is 1.11. The Labute approximate surface area is 111 Å². The maximum absolute atomic E-state index is 9.53. The Bertz CT molecular complexity index is 372. The Kier molecular flexibility index (Phi) is 4.56. The van der Waals surface area contributed by atoms with Crippen LogP contribution in [0.1, 0.15) is 18.0 Å². The maximum atomic E-state index is 9.53. The highest BCUT2D eigenvalue weighted by Gasteiger charge is 2.23. The zero-order chi connectivity index (χ0) is 12.3. The summed E-state index contributed by atoms with van der Waals surface area (Å²) in [6, 6.07) is 8.70. The highest BCUT2D eigenvalue weighted by atomic mass is 79.9. The van der Waals surface area contributed by atoms with Crippen molar-refractivity contribution in [3.63, 3.8) is 0 Å². The average molecular weight is 299 g/mol. The van der Waals surface area contributed by atoms with Crippen molar-refractivity contribution >= 4 is 15.9 Å². The topological polar surface area (TPSA) is 35.5 Å². The van der Waals surface area contributed by atoms with Gasteiger partial charge in [-0.25, -0.2) is 0 Å². The number of hydrogen-bond donors (Lipinski definition) is 2. The van der Waals surface area contributed by atoms with Crippen molar-refractivity contribution in [2.45, 2.75) is 18.6 Å². The number of aliphatic hydroxyl groups is 1. The van der Waals surface area contributed by atoms with Gasteiger partial charge in [-0.2, -0.15) is 0 Å². The molecule has 3 nitrogen and oxygen atoms in total. The average Bonchev–Trinajstić information content (AvgIpc) is 2.72. The number of benzene rings is 1. The summed E-state index contributed by atoms with van der Waals surface area (Å²) in [5.41, 5.74) is 1.28. The number of aliphatic hydroxyl groups excluding tert-OH is 1. The van der Waals surface area contributed by atoms with Gasteiger partial charge in [-0.1, -0.05) is 28.1 Å². The van der Waals surface area contributed by atoms with Gasteiger partial charge in [-0.15, -0.1) is 0 Å². The normalized spacial score (nSPS) is 22.9. The summed E-state index contributed by atoms with van der Waals surface area (Å²) in [5.74, 6) is 0. The highest BCUT2D eigenvalue weighted by Crippen LogP contribution is 2.20. The summed E-state index contributed by atoms with van der Waals surface area (Å²) in [6.07, 6.45) is 0.754. The molecule has 1 aromatic carbocycles. The van der Waals surface area contributed by atoms with Crippen molar-refractivity contribution in [3.8, 4) is 0 Å². The zero-order valence-corrected chi connectivity index (χ0v) is 11.7. The Morgan fingerprint density at radius 3 is 3.00 bits per heavy atom. The lowest BCUT2D eigenvalue weighted by atomic mass is 10.1. The molecule has 1 saturated heterocycles. The molecule has 1 aliphatic heterocycles. The first-order chi connectivity index (χ1) is 8.19. The number of nitrogens with one attached hydrogen (secondary N) is 1. The molecule has 2 rings (SSSR count). The molecule has 4 heteroatoms. The van der Waals surface area contributed by atoms with Gasteiger partial charge in [0.05, 0.1) is 6.10 Å². The van der Waals surface area contributed by atoms with Gasteiger partial charge < -0.3 is 10.4 Å². The van der Waals surface area contributed by atoms with Crippen molar-refractivity contribution in [3.05, 3.63) is 34.3 Å². The van der Waals surface area contributed by atoms with Crippen LogP contribution in [0.15, 0.2) is 28.7 Å². The third-order valence-corrected chi connectivity index (χ3v) is 3.78. The van der Waals surface area contributed by atoms with Crippen molar-refractivity contribution < 1.29 is 5.11 Å². The molecular formula is C13H19BrN2O. The molecule has 0 saturated carbocycles. The number of likely N-dealkylation sites (tertiary alicyclic amines) is 1. The fourth-order valence-electron chi connectivity index (χ4n) is 2.32. The first-order valence-electron chi connectivity index (χ1n) is 6.02. The molecule has 2 unspecified atom stereocenters. The van der Waals surface area contributed by atoms with E-state index >= 15 is 0 Å². The van der Waals surface area contributed by atoms with Crippen LogP contribution in [0, 0.1) is 0 Å². The van der Waals surface area contributed by atoms with Gasteiger partial charge in [-0.3, -0.25) is 4.90 Å². The van der Waals surface area contributed by atoms with Crippen molar-refractivity contribution in [1.29, 1.82) is 0 Å². The number of β-amino-alcohol motifs (C(OH)–C–C–N with tert-alkyl or cyclic N) is 1. The van der Waals surface area contributed by atoms with E-state index in [-0.39, 0.29) is 6.10 Å². The predicted octanol–water partition coefficient (Wildman–Crippen LogP) is 1.78. The Balaban J connectivity index is 2.01. The van der Waals surface area contributed by atoms with E-state index in [9.17, 15) is 5.11 Å². The molecule has 0 amide bonds. The van der Waals surface area contributed by atoms with Crippen LogP contribution in [-0.2, 0) is 0 Å². The van der Waals surface area contributed by atoms with Gasteiger partial charge >= 0.3 is 0 Å². The summed E-state index contributed by atoms with van der Waals surface area (Å²) >= 11 is 3.50. The molecule has 1 aliphatic rings.